The van der Waals surface area contributed by atoms with Gasteiger partial charge in [0.1, 0.15) is 11.6 Å². The average Bonchev–Trinajstić information content (AvgIpc) is 2.51. The lowest BCUT2D eigenvalue weighted by Gasteiger charge is -2.34. The number of ether oxygens (including phenoxy) is 1. The van der Waals surface area contributed by atoms with E-state index in [-0.39, 0.29) is 17.8 Å². The van der Waals surface area contributed by atoms with Crippen LogP contribution in [0.15, 0.2) is 30.3 Å². The number of benzene rings is 1. The molecule has 1 aromatic rings. The molecule has 0 aliphatic rings. The Morgan fingerprint density at radius 3 is 2.19 bits per heavy atom. The van der Waals surface area contributed by atoms with Gasteiger partial charge >= 0.3 is 5.97 Å². The van der Waals surface area contributed by atoms with E-state index < -0.39 is 11.6 Å². The van der Waals surface area contributed by atoms with Gasteiger partial charge in [-0.25, -0.2) is 0 Å². The van der Waals surface area contributed by atoms with Gasteiger partial charge in [-0.2, -0.15) is 0 Å². The summed E-state index contributed by atoms with van der Waals surface area (Å²) in [7, 11) is 2.92. The second kappa shape index (κ2) is 7.22. The lowest BCUT2D eigenvalue weighted by atomic mass is 9.88. The van der Waals surface area contributed by atoms with Crippen molar-refractivity contribution in [3.05, 3.63) is 35.9 Å². The number of esters is 1. The topological polar surface area (TPSA) is 67.4 Å². The molecule has 1 aromatic carbocycles. The molecule has 0 saturated carbocycles. The molecule has 0 spiro atoms. The van der Waals surface area contributed by atoms with Gasteiger partial charge in [0.25, 0.3) is 0 Å². The van der Waals surface area contributed by atoms with E-state index in [9.17, 15) is 9.59 Å². The van der Waals surface area contributed by atoms with Crippen LogP contribution in [0.25, 0.3) is 0 Å². The minimum absolute atomic E-state index is 0.00913. The van der Waals surface area contributed by atoms with Gasteiger partial charge < -0.3 is 10.1 Å². The first kappa shape index (κ1) is 17.2. The summed E-state index contributed by atoms with van der Waals surface area (Å²) < 4.78 is 4.84. The Hall–Kier alpha value is -1.88. The fourth-order valence-electron chi connectivity index (χ4n) is 2.24. The summed E-state index contributed by atoms with van der Waals surface area (Å²) in [5.41, 5.74) is -0.224. The van der Waals surface area contributed by atoms with Gasteiger partial charge in [0, 0.05) is 7.05 Å². The van der Waals surface area contributed by atoms with E-state index in [1.807, 2.05) is 44.2 Å². The van der Waals surface area contributed by atoms with Crippen LogP contribution in [0.3, 0.4) is 0 Å². The monoisotopic (exact) mass is 292 g/mol. The van der Waals surface area contributed by atoms with E-state index in [1.165, 1.54) is 7.11 Å². The first-order valence-corrected chi connectivity index (χ1v) is 7.00. The largest absolute Gasteiger partial charge is 0.468 e. The Labute approximate surface area is 126 Å². The third kappa shape index (κ3) is 3.82. The molecule has 0 radical (unpaired) electrons. The Morgan fingerprint density at radius 1 is 1.19 bits per heavy atom. The van der Waals surface area contributed by atoms with Gasteiger partial charge in [-0.05, 0) is 18.4 Å². The predicted molar refractivity (Wildman–Crippen MR) is 81.6 cm³/mol. The quantitative estimate of drug-likeness (QED) is 0.779. The predicted octanol–water partition coefficient (Wildman–Crippen LogP) is 1.43. The number of amides is 1. The molecule has 0 bridgehead atoms. The standard InChI is InChI=1S/C16H24N2O3/c1-11(2)13(14(19)21-5)18-16(3,15(20)17-4)12-9-7-6-8-10-12/h6-11,13,18H,1-5H3,(H,17,20). The van der Waals surface area contributed by atoms with Crippen molar-refractivity contribution < 1.29 is 14.3 Å². The van der Waals surface area contributed by atoms with Crippen molar-refractivity contribution in [3.63, 3.8) is 0 Å². The van der Waals surface area contributed by atoms with E-state index in [2.05, 4.69) is 10.6 Å². The molecule has 0 aliphatic heterocycles. The van der Waals surface area contributed by atoms with Crippen LogP contribution in [0.5, 0.6) is 0 Å². The molecule has 0 fully saturated rings. The molecular formula is C16H24N2O3. The molecule has 2 unspecified atom stereocenters. The molecule has 1 amide bonds. The average molecular weight is 292 g/mol. The van der Waals surface area contributed by atoms with Crippen LogP contribution in [0.4, 0.5) is 0 Å². The van der Waals surface area contributed by atoms with Crippen molar-refractivity contribution >= 4 is 11.9 Å². The molecule has 21 heavy (non-hydrogen) atoms. The minimum Gasteiger partial charge on any atom is -0.468 e. The van der Waals surface area contributed by atoms with Crippen molar-refractivity contribution in [2.45, 2.75) is 32.4 Å². The first-order valence-electron chi connectivity index (χ1n) is 7.00. The number of likely N-dealkylation sites (N-methyl/N-ethyl adjacent to an activating group) is 1. The summed E-state index contributed by atoms with van der Waals surface area (Å²) in [6, 6.07) is 8.75. The zero-order valence-corrected chi connectivity index (χ0v) is 13.3. The highest BCUT2D eigenvalue weighted by Crippen LogP contribution is 2.23. The van der Waals surface area contributed by atoms with Gasteiger partial charge in [-0.3, -0.25) is 14.9 Å². The smallest absolute Gasteiger partial charge is 0.323 e. The van der Waals surface area contributed by atoms with E-state index in [4.69, 9.17) is 4.74 Å². The Morgan fingerprint density at radius 2 is 1.76 bits per heavy atom. The first-order chi connectivity index (χ1) is 9.86. The molecule has 116 valence electrons. The molecule has 2 atom stereocenters. The van der Waals surface area contributed by atoms with E-state index in [1.54, 1.807) is 14.0 Å². The molecule has 0 heterocycles. The van der Waals surface area contributed by atoms with Crippen molar-refractivity contribution in [2.24, 2.45) is 5.92 Å². The molecule has 2 N–H and O–H groups in total. The summed E-state index contributed by atoms with van der Waals surface area (Å²) in [5.74, 6) is -0.593. The number of nitrogens with one attached hydrogen (secondary N) is 2. The molecule has 0 aliphatic carbocycles. The molecule has 0 aromatic heterocycles. The Bertz CT molecular complexity index is 488. The van der Waals surface area contributed by atoms with Crippen molar-refractivity contribution in [1.82, 2.24) is 10.6 Å². The van der Waals surface area contributed by atoms with Crippen LogP contribution in [-0.4, -0.2) is 32.1 Å². The summed E-state index contributed by atoms with van der Waals surface area (Å²) in [4.78, 5) is 24.3. The third-order valence-electron chi connectivity index (χ3n) is 3.60. The van der Waals surface area contributed by atoms with E-state index >= 15 is 0 Å². The van der Waals surface area contributed by atoms with Gasteiger partial charge in [-0.15, -0.1) is 0 Å². The molecular weight excluding hydrogens is 268 g/mol. The molecule has 0 saturated heterocycles. The molecule has 1 rings (SSSR count). The number of carbonyl (C=O) groups excluding carboxylic acids is 2. The number of methoxy groups -OCH3 is 1. The Balaban J connectivity index is 3.20. The zero-order chi connectivity index (χ0) is 16.0. The van der Waals surface area contributed by atoms with Crippen LogP contribution >= 0.6 is 0 Å². The maximum absolute atomic E-state index is 12.4. The van der Waals surface area contributed by atoms with Gasteiger partial charge in [0.2, 0.25) is 5.91 Å². The SMILES string of the molecule is CNC(=O)C(C)(NC(C(=O)OC)C(C)C)c1ccccc1. The Kier molecular flexibility index (Phi) is 5.90. The highest BCUT2D eigenvalue weighted by Gasteiger charge is 2.39. The van der Waals surface area contributed by atoms with Crippen molar-refractivity contribution in [1.29, 1.82) is 0 Å². The number of carbonyl (C=O) groups is 2. The fraction of sp³-hybridized carbons (Fsp3) is 0.500. The fourth-order valence-corrected chi connectivity index (χ4v) is 2.24. The van der Waals surface area contributed by atoms with Crippen molar-refractivity contribution in [3.8, 4) is 0 Å². The maximum atomic E-state index is 12.4. The lowest BCUT2D eigenvalue weighted by molar-refractivity contribution is -0.145. The zero-order valence-electron chi connectivity index (χ0n) is 13.3. The van der Waals surface area contributed by atoms with Crippen LogP contribution in [0, 0.1) is 5.92 Å². The van der Waals surface area contributed by atoms with Crippen LogP contribution in [-0.2, 0) is 19.9 Å². The van der Waals surface area contributed by atoms with Gasteiger partial charge in [0.15, 0.2) is 0 Å². The second-order valence-electron chi connectivity index (χ2n) is 5.46. The summed E-state index contributed by atoms with van der Waals surface area (Å²) in [5, 5.41) is 5.81. The van der Waals surface area contributed by atoms with Gasteiger partial charge in [-0.1, -0.05) is 44.2 Å². The summed E-state index contributed by atoms with van der Waals surface area (Å²) >= 11 is 0. The number of hydrogen-bond acceptors (Lipinski definition) is 4. The lowest BCUT2D eigenvalue weighted by Crippen LogP contribution is -2.58. The second-order valence-corrected chi connectivity index (χ2v) is 5.46. The maximum Gasteiger partial charge on any atom is 0.323 e. The van der Waals surface area contributed by atoms with E-state index in [0.717, 1.165) is 5.56 Å². The number of hydrogen-bond donors (Lipinski definition) is 2. The van der Waals surface area contributed by atoms with Crippen LogP contribution in [0.2, 0.25) is 0 Å². The molecule has 5 heteroatoms. The van der Waals surface area contributed by atoms with Crippen LogP contribution < -0.4 is 10.6 Å². The third-order valence-corrected chi connectivity index (χ3v) is 3.60. The highest BCUT2D eigenvalue weighted by molar-refractivity contribution is 5.88. The normalized spacial score (nSPS) is 15.1. The van der Waals surface area contributed by atoms with Gasteiger partial charge in [0.05, 0.1) is 7.11 Å². The van der Waals surface area contributed by atoms with Crippen molar-refractivity contribution in [2.75, 3.05) is 14.2 Å². The van der Waals surface area contributed by atoms with E-state index in [0.29, 0.717) is 0 Å². The van der Waals surface area contributed by atoms with Crippen LogP contribution in [0.1, 0.15) is 26.3 Å². The highest BCUT2D eigenvalue weighted by atomic mass is 16.5. The minimum atomic E-state index is -1.01. The summed E-state index contributed by atoms with van der Waals surface area (Å²) in [6.07, 6.45) is 0. The summed E-state index contributed by atoms with van der Waals surface area (Å²) in [6.45, 7) is 5.58. The molecule has 5 nitrogen and oxygen atoms in total. The number of rotatable bonds is 6.